The molecule has 1 saturated carbocycles. The van der Waals surface area contributed by atoms with Crippen LogP contribution < -0.4 is 15.4 Å². The Labute approximate surface area is 268 Å². The molecule has 0 atom stereocenters. The Bertz CT molecular complexity index is 1560. The number of carbonyl (C=O) groups is 1. The Balaban J connectivity index is 1.00. The highest BCUT2D eigenvalue weighted by molar-refractivity contribution is 6.30. The number of anilines is 2. The molecule has 0 radical (unpaired) electrons. The summed E-state index contributed by atoms with van der Waals surface area (Å²) in [5.74, 6) is 1.37. The lowest BCUT2D eigenvalue weighted by molar-refractivity contribution is -0.147. The van der Waals surface area contributed by atoms with Gasteiger partial charge in [-0.2, -0.15) is 10.2 Å². The molecule has 0 unspecified atom stereocenters. The molecule has 236 valence electrons. The topological polar surface area (TPSA) is 138 Å². The maximum atomic E-state index is 11.5. The number of aromatic nitrogens is 2. The number of aryl methyl sites for hydroxylation is 1. The van der Waals surface area contributed by atoms with E-state index in [0.29, 0.717) is 56.4 Å². The number of nitrogens with two attached hydrogens (primary N) is 1. The first-order valence-corrected chi connectivity index (χ1v) is 16.1. The molecule has 0 spiro atoms. The van der Waals surface area contributed by atoms with E-state index >= 15 is 0 Å². The Morgan fingerprint density at radius 2 is 1.84 bits per heavy atom. The van der Waals surface area contributed by atoms with Crippen molar-refractivity contribution in [2.24, 2.45) is 11.3 Å². The van der Waals surface area contributed by atoms with E-state index in [1.165, 1.54) is 5.56 Å². The van der Waals surface area contributed by atoms with Gasteiger partial charge < -0.3 is 25.2 Å². The quantitative estimate of drug-likeness (QED) is 0.295. The molecule has 3 aliphatic rings. The molecule has 3 N–H and O–H groups in total. The molecular formula is C34H39ClN6O4. The van der Waals surface area contributed by atoms with Crippen molar-refractivity contribution in [1.82, 2.24) is 14.9 Å². The Hall–Kier alpha value is -3.91. The van der Waals surface area contributed by atoms with Gasteiger partial charge in [-0.15, -0.1) is 0 Å². The zero-order valence-electron chi connectivity index (χ0n) is 25.4. The van der Waals surface area contributed by atoms with Crippen LogP contribution in [-0.4, -0.2) is 71.9 Å². The second-order valence-electron chi connectivity index (χ2n) is 12.3. The van der Waals surface area contributed by atoms with Crippen LogP contribution in [0.1, 0.15) is 42.4 Å². The fourth-order valence-electron chi connectivity index (χ4n) is 6.65. The van der Waals surface area contributed by atoms with Crippen LogP contribution in [0.4, 0.5) is 11.8 Å². The van der Waals surface area contributed by atoms with Gasteiger partial charge >= 0.3 is 5.97 Å². The van der Waals surface area contributed by atoms with Crippen molar-refractivity contribution in [2.75, 3.05) is 56.6 Å². The minimum Gasteiger partial charge on any atom is -0.489 e. The van der Waals surface area contributed by atoms with Crippen LogP contribution in [0.25, 0.3) is 11.3 Å². The number of halogens is 1. The van der Waals surface area contributed by atoms with Gasteiger partial charge in [-0.05, 0) is 85.9 Å². The monoisotopic (exact) mass is 630 g/mol. The summed E-state index contributed by atoms with van der Waals surface area (Å²) in [6, 6.07) is 15.9. The van der Waals surface area contributed by atoms with Gasteiger partial charge in [0.25, 0.3) is 0 Å². The van der Waals surface area contributed by atoms with Crippen LogP contribution in [0.5, 0.6) is 5.75 Å². The van der Waals surface area contributed by atoms with Crippen molar-refractivity contribution < 1.29 is 19.4 Å². The van der Waals surface area contributed by atoms with Crippen molar-refractivity contribution in [3.63, 3.8) is 0 Å². The predicted octanol–water partition coefficient (Wildman–Crippen LogP) is 4.98. The maximum absolute atomic E-state index is 11.5. The van der Waals surface area contributed by atoms with Crippen LogP contribution in [0.15, 0.2) is 42.5 Å². The number of nitrogen functional groups attached to an aromatic ring is 1. The molecule has 6 rings (SSSR count). The lowest BCUT2D eigenvalue weighted by Crippen LogP contribution is -2.48. The molecule has 2 fully saturated rings. The van der Waals surface area contributed by atoms with Crippen molar-refractivity contribution in [2.45, 2.75) is 45.1 Å². The minimum absolute atomic E-state index is 0.286. The van der Waals surface area contributed by atoms with Gasteiger partial charge in [0.1, 0.15) is 18.2 Å². The van der Waals surface area contributed by atoms with Crippen LogP contribution >= 0.6 is 11.6 Å². The molecule has 1 saturated heterocycles. The highest BCUT2D eigenvalue weighted by atomic mass is 35.5. The van der Waals surface area contributed by atoms with E-state index in [9.17, 15) is 15.2 Å². The van der Waals surface area contributed by atoms with E-state index in [2.05, 4.69) is 26.9 Å². The zero-order valence-corrected chi connectivity index (χ0v) is 26.1. The highest BCUT2D eigenvalue weighted by Gasteiger charge is 2.42. The summed E-state index contributed by atoms with van der Waals surface area (Å²) < 4.78 is 12.1. The molecule has 1 aromatic heterocycles. The smallest absolute Gasteiger partial charge is 0.324 e. The summed E-state index contributed by atoms with van der Waals surface area (Å²) in [5.41, 5.74) is 10.4. The first-order valence-electron chi connectivity index (χ1n) is 15.7. The summed E-state index contributed by atoms with van der Waals surface area (Å²) in [4.78, 5) is 25.6. The number of piperazine rings is 1. The van der Waals surface area contributed by atoms with Gasteiger partial charge in [0, 0.05) is 55.5 Å². The summed E-state index contributed by atoms with van der Waals surface area (Å²) in [6.45, 7) is 6.07. The molecule has 2 aromatic carbocycles. The number of nitrogens with zero attached hydrogens (tertiary/aromatic N) is 5. The van der Waals surface area contributed by atoms with Crippen molar-refractivity contribution in [1.29, 1.82) is 5.26 Å². The third kappa shape index (κ3) is 7.01. The molecule has 2 aliphatic carbocycles. The maximum Gasteiger partial charge on any atom is 0.324 e. The van der Waals surface area contributed by atoms with E-state index < -0.39 is 11.4 Å². The fraction of sp³-hybridized carbons (Fsp3) is 0.471. The Morgan fingerprint density at radius 1 is 1.09 bits per heavy atom. The third-order valence-electron chi connectivity index (χ3n) is 9.46. The van der Waals surface area contributed by atoms with Crippen molar-refractivity contribution in [3.05, 3.63) is 64.2 Å². The lowest BCUT2D eigenvalue weighted by atomic mass is 9.71. The summed E-state index contributed by atoms with van der Waals surface area (Å²) in [5, 5.41) is 19.5. The molecule has 0 bridgehead atoms. The van der Waals surface area contributed by atoms with Gasteiger partial charge in [-0.1, -0.05) is 23.7 Å². The molecule has 0 amide bonds. The summed E-state index contributed by atoms with van der Waals surface area (Å²) in [6.07, 6.45) is 3.96. The van der Waals surface area contributed by atoms with Crippen molar-refractivity contribution >= 4 is 29.3 Å². The number of ether oxygens (including phenoxy) is 2. The normalized spacial score (nSPS) is 21.4. The molecule has 2 heterocycles. The number of fused-ring (bicyclic) bond motifs is 3. The number of aliphatic carboxylic acids is 1. The second-order valence-corrected chi connectivity index (χ2v) is 12.7. The molecule has 3 aromatic rings. The molecule has 11 heteroatoms. The zero-order chi connectivity index (χ0) is 31.4. The van der Waals surface area contributed by atoms with Crippen molar-refractivity contribution in [3.8, 4) is 23.1 Å². The number of nitriles is 1. The third-order valence-corrected chi connectivity index (χ3v) is 9.71. The van der Waals surface area contributed by atoms with E-state index in [0.717, 1.165) is 79.5 Å². The number of carboxylic acid groups (broad SMARTS) is 1. The number of carboxylic acids is 1. The Morgan fingerprint density at radius 3 is 2.56 bits per heavy atom. The number of hydrogen-bond donors (Lipinski definition) is 2. The average molecular weight is 631 g/mol. The molecule has 45 heavy (non-hydrogen) atoms. The van der Waals surface area contributed by atoms with E-state index in [1.807, 2.05) is 36.4 Å². The van der Waals surface area contributed by atoms with Gasteiger partial charge in [0.15, 0.2) is 5.41 Å². The minimum atomic E-state index is -1.22. The van der Waals surface area contributed by atoms with Gasteiger partial charge in [-0.3, -0.25) is 9.69 Å². The standard InChI is InChI=1S/C34H39ClN6O4/c35-26-4-1-23(2-5-26)21-45-27-6-8-28-25(19-27)3-7-29-30(28)38-33(37)39-31(29)41-15-13-40(14-16-41)17-18-44-20-24-9-11-34(22-36,12-10-24)32(42)43/h1-2,4-6,8,19,24H,3,7,9-18,20-21H2,(H,42,43)(H2,37,38,39). The van der Waals surface area contributed by atoms with Crippen LogP contribution in [-0.2, 0) is 29.0 Å². The Kier molecular flexibility index (Phi) is 9.40. The SMILES string of the molecule is N#CC1(C(=O)O)CCC(COCCN2CCN(c3nc(N)nc4c3CCc3cc(OCc5ccc(Cl)cc5)ccc3-4)CC2)CC1. The number of hydrogen-bond acceptors (Lipinski definition) is 9. The molecule has 1 aliphatic heterocycles. The average Bonchev–Trinajstić information content (AvgIpc) is 3.06. The number of rotatable bonds is 10. The predicted molar refractivity (Wildman–Crippen MR) is 172 cm³/mol. The first kappa shape index (κ1) is 31.1. The largest absolute Gasteiger partial charge is 0.489 e. The number of benzene rings is 2. The van der Waals surface area contributed by atoms with E-state index in [4.69, 9.17) is 31.8 Å². The van der Waals surface area contributed by atoms with E-state index in [1.54, 1.807) is 0 Å². The fourth-order valence-corrected chi connectivity index (χ4v) is 6.77. The summed E-state index contributed by atoms with van der Waals surface area (Å²) in [7, 11) is 0. The highest BCUT2D eigenvalue weighted by Crippen LogP contribution is 2.40. The van der Waals surface area contributed by atoms with Gasteiger partial charge in [0.2, 0.25) is 5.95 Å². The van der Waals surface area contributed by atoms with E-state index in [-0.39, 0.29) is 5.95 Å². The van der Waals surface area contributed by atoms with Crippen LogP contribution in [0, 0.1) is 22.7 Å². The first-order chi connectivity index (χ1) is 21.8. The lowest BCUT2D eigenvalue weighted by Gasteiger charge is -2.37. The second kappa shape index (κ2) is 13.6. The van der Waals surface area contributed by atoms with Crippen LogP contribution in [0.3, 0.4) is 0 Å². The van der Waals surface area contributed by atoms with Crippen LogP contribution in [0.2, 0.25) is 5.02 Å². The molecule has 10 nitrogen and oxygen atoms in total. The van der Waals surface area contributed by atoms with Gasteiger partial charge in [0.05, 0.1) is 18.4 Å². The summed E-state index contributed by atoms with van der Waals surface area (Å²) >= 11 is 6.00. The molecular weight excluding hydrogens is 592 g/mol. The van der Waals surface area contributed by atoms with Gasteiger partial charge in [-0.25, -0.2) is 4.98 Å².